The summed E-state index contributed by atoms with van der Waals surface area (Å²) >= 11 is 0. The maximum absolute atomic E-state index is 4.24. The van der Waals surface area contributed by atoms with Gasteiger partial charge < -0.3 is 5.32 Å². The Balaban J connectivity index is 2.27. The SMILES string of the molecule is CNCCC=Cc1cncc2ccccc12. The van der Waals surface area contributed by atoms with Gasteiger partial charge in [-0.3, -0.25) is 4.98 Å². The van der Waals surface area contributed by atoms with Crippen molar-refractivity contribution in [1.82, 2.24) is 10.3 Å². The molecule has 1 N–H and O–H groups in total. The van der Waals surface area contributed by atoms with E-state index < -0.39 is 0 Å². The van der Waals surface area contributed by atoms with Crippen LogP contribution in [0.3, 0.4) is 0 Å². The third-order valence-corrected chi connectivity index (χ3v) is 2.56. The first kappa shape index (κ1) is 10.8. The van der Waals surface area contributed by atoms with Crippen molar-refractivity contribution in [2.45, 2.75) is 6.42 Å². The van der Waals surface area contributed by atoms with Gasteiger partial charge in [-0.1, -0.05) is 36.4 Å². The molecule has 0 unspecified atom stereocenters. The Kier molecular flexibility index (Phi) is 3.67. The summed E-state index contributed by atoms with van der Waals surface area (Å²) in [6.07, 6.45) is 9.19. The molecule has 0 atom stereocenters. The minimum atomic E-state index is 1.01. The van der Waals surface area contributed by atoms with Gasteiger partial charge in [0, 0.05) is 23.3 Å². The number of rotatable bonds is 4. The maximum atomic E-state index is 4.24. The zero-order chi connectivity index (χ0) is 11.2. The van der Waals surface area contributed by atoms with Crippen molar-refractivity contribution < 1.29 is 0 Å². The minimum absolute atomic E-state index is 1.01. The summed E-state index contributed by atoms with van der Waals surface area (Å²) < 4.78 is 0. The van der Waals surface area contributed by atoms with Crippen molar-refractivity contribution in [1.29, 1.82) is 0 Å². The van der Waals surface area contributed by atoms with E-state index in [-0.39, 0.29) is 0 Å². The van der Waals surface area contributed by atoms with Gasteiger partial charge in [-0.05, 0) is 25.4 Å². The summed E-state index contributed by atoms with van der Waals surface area (Å²) in [6.45, 7) is 1.01. The van der Waals surface area contributed by atoms with Crippen LogP contribution in [-0.4, -0.2) is 18.6 Å². The highest BCUT2D eigenvalue weighted by molar-refractivity contribution is 5.89. The molecule has 1 aromatic heterocycles. The van der Waals surface area contributed by atoms with E-state index in [0.29, 0.717) is 0 Å². The van der Waals surface area contributed by atoms with E-state index >= 15 is 0 Å². The van der Waals surface area contributed by atoms with Gasteiger partial charge in [0.15, 0.2) is 0 Å². The molecule has 82 valence electrons. The third-order valence-electron chi connectivity index (χ3n) is 2.56. The van der Waals surface area contributed by atoms with Crippen LogP contribution in [0, 0.1) is 0 Å². The Hall–Kier alpha value is -1.67. The van der Waals surface area contributed by atoms with Gasteiger partial charge in [0.2, 0.25) is 0 Å². The lowest BCUT2D eigenvalue weighted by Crippen LogP contribution is -2.05. The zero-order valence-electron chi connectivity index (χ0n) is 9.48. The monoisotopic (exact) mass is 212 g/mol. The van der Waals surface area contributed by atoms with Crippen LogP contribution in [0.1, 0.15) is 12.0 Å². The number of aromatic nitrogens is 1. The van der Waals surface area contributed by atoms with E-state index in [2.05, 4.69) is 40.7 Å². The fraction of sp³-hybridized carbons (Fsp3) is 0.214. The zero-order valence-corrected chi connectivity index (χ0v) is 9.48. The quantitative estimate of drug-likeness (QED) is 0.788. The summed E-state index contributed by atoms with van der Waals surface area (Å²) in [5, 5.41) is 5.58. The van der Waals surface area contributed by atoms with Crippen molar-refractivity contribution in [2.75, 3.05) is 13.6 Å². The molecular weight excluding hydrogens is 196 g/mol. The molecule has 0 aliphatic rings. The lowest BCUT2D eigenvalue weighted by molar-refractivity contribution is 0.809. The first-order valence-corrected chi connectivity index (χ1v) is 5.55. The fourth-order valence-electron chi connectivity index (χ4n) is 1.71. The number of hydrogen-bond donors (Lipinski definition) is 1. The number of nitrogens with zero attached hydrogens (tertiary/aromatic N) is 1. The molecule has 16 heavy (non-hydrogen) atoms. The molecule has 2 heteroatoms. The molecule has 0 bridgehead atoms. The fourth-order valence-corrected chi connectivity index (χ4v) is 1.71. The predicted molar refractivity (Wildman–Crippen MR) is 69.3 cm³/mol. The van der Waals surface area contributed by atoms with Crippen LogP contribution < -0.4 is 5.32 Å². The normalized spacial score (nSPS) is 11.3. The van der Waals surface area contributed by atoms with Crippen molar-refractivity contribution in [2.24, 2.45) is 0 Å². The molecule has 0 aliphatic heterocycles. The van der Waals surface area contributed by atoms with E-state index in [9.17, 15) is 0 Å². The standard InChI is InChI=1S/C14H16N2/c1-15-9-5-4-7-13-11-16-10-12-6-2-3-8-14(12)13/h2-4,6-8,10-11,15H,5,9H2,1H3. The second-order valence-electron chi connectivity index (χ2n) is 3.74. The van der Waals surface area contributed by atoms with Gasteiger partial charge >= 0.3 is 0 Å². The molecule has 2 nitrogen and oxygen atoms in total. The van der Waals surface area contributed by atoms with Crippen LogP contribution in [0.4, 0.5) is 0 Å². The molecule has 0 aliphatic carbocycles. The highest BCUT2D eigenvalue weighted by Gasteiger charge is 1.96. The van der Waals surface area contributed by atoms with Crippen molar-refractivity contribution in [3.63, 3.8) is 0 Å². The van der Waals surface area contributed by atoms with Crippen LogP contribution in [-0.2, 0) is 0 Å². The van der Waals surface area contributed by atoms with Crippen LogP contribution >= 0.6 is 0 Å². The highest BCUT2D eigenvalue weighted by atomic mass is 14.8. The van der Waals surface area contributed by atoms with Crippen molar-refractivity contribution in [3.05, 3.63) is 48.3 Å². The molecule has 0 fully saturated rings. The largest absolute Gasteiger partial charge is 0.319 e. The van der Waals surface area contributed by atoms with Gasteiger partial charge in [0.05, 0.1) is 0 Å². The van der Waals surface area contributed by atoms with Crippen LogP contribution in [0.2, 0.25) is 0 Å². The van der Waals surface area contributed by atoms with Crippen LogP contribution in [0.5, 0.6) is 0 Å². The average molecular weight is 212 g/mol. The summed E-state index contributed by atoms with van der Waals surface area (Å²) in [4.78, 5) is 4.24. The van der Waals surface area contributed by atoms with E-state index in [1.54, 1.807) is 0 Å². The molecule has 2 rings (SSSR count). The van der Waals surface area contributed by atoms with Gasteiger partial charge in [-0.15, -0.1) is 0 Å². The van der Waals surface area contributed by atoms with E-state index in [1.165, 1.54) is 16.3 Å². The number of pyridine rings is 1. The lowest BCUT2D eigenvalue weighted by atomic mass is 10.1. The molecule has 0 amide bonds. The average Bonchev–Trinajstić information content (AvgIpc) is 2.35. The van der Waals surface area contributed by atoms with Gasteiger partial charge in [-0.25, -0.2) is 0 Å². The lowest BCUT2D eigenvalue weighted by Gasteiger charge is -2.00. The number of nitrogens with one attached hydrogen (secondary N) is 1. The van der Waals surface area contributed by atoms with Crippen LogP contribution in [0.15, 0.2) is 42.7 Å². The number of fused-ring (bicyclic) bond motifs is 1. The first-order chi connectivity index (χ1) is 7.92. The highest BCUT2D eigenvalue weighted by Crippen LogP contribution is 2.18. The van der Waals surface area contributed by atoms with Gasteiger partial charge in [-0.2, -0.15) is 0 Å². The summed E-state index contributed by atoms with van der Waals surface area (Å²) in [5.41, 5.74) is 1.19. The summed E-state index contributed by atoms with van der Waals surface area (Å²) in [5.74, 6) is 0. The van der Waals surface area contributed by atoms with Crippen molar-refractivity contribution in [3.8, 4) is 0 Å². The summed E-state index contributed by atoms with van der Waals surface area (Å²) in [7, 11) is 1.97. The molecule has 0 saturated heterocycles. The molecule has 1 aromatic carbocycles. The smallest absolute Gasteiger partial charge is 0.0346 e. The molecule has 1 heterocycles. The minimum Gasteiger partial charge on any atom is -0.319 e. The third kappa shape index (κ3) is 2.47. The number of benzene rings is 1. The maximum Gasteiger partial charge on any atom is 0.0346 e. The first-order valence-electron chi connectivity index (χ1n) is 5.55. The molecule has 0 saturated carbocycles. The summed E-state index contributed by atoms with van der Waals surface area (Å²) in [6, 6.07) is 8.33. The Morgan fingerprint density at radius 3 is 3.00 bits per heavy atom. The number of hydrogen-bond acceptors (Lipinski definition) is 2. The Labute approximate surface area is 96.0 Å². The van der Waals surface area contributed by atoms with Gasteiger partial charge in [0.25, 0.3) is 0 Å². The predicted octanol–water partition coefficient (Wildman–Crippen LogP) is 2.86. The Morgan fingerprint density at radius 2 is 2.12 bits per heavy atom. The van der Waals surface area contributed by atoms with E-state index in [0.717, 1.165) is 13.0 Å². The van der Waals surface area contributed by atoms with E-state index in [1.807, 2.05) is 25.5 Å². The van der Waals surface area contributed by atoms with Crippen LogP contribution in [0.25, 0.3) is 16.8 Å². The second-order valence-corrected chi connectivity index (χ2v) is 3.74. The molecule has 2 aromatic rings. The Morgan fingerprint density at radius 1 is 1.25 bits per heavy atom. The topological polar surface area (TPSA) is 24.9 Å². The second kappa shape index (κ2) is 5.42. The van der Waals surface area contributed by atoms with Crippen molar-refractivity contribution >= 4 is 16.8 Å². The Bertz CT molecular complexity index is 484. The van der Waals surface area contributed by atoms with E-state index in [4.69, 9.17) is 0 Å². The molecule has 0 radical (unpaired) electrons. The molecule has 0 spiro atoms. The van der Waals surface area contributed by atoms with Gasteiger partial charge in [0.1, 0.15) is 0 Å². The molecular formula is C14H16N2.